The van der Waals surface area contributed by atoms with Gasteiger partial charge in [0.05, 0.1) is 0 Å². The summed E-state index contributed by atoms with van der Waals surface area (Å²) in [6, 6.07) is 8.80. The highest BCUT2D eigenvalue weighted by Crippen LogP contribution is 2.31. The van der Waals surface area contributed by atoms with E-state index in [0.29, 0.717) is 6.04 Å². The van der Waals surface area contributed by atoms with Gasteiger partial charge in [-0.3, -0.25) is 0 Å². The molecule has 1 saturated carbocycles. The highest BCUT2D eigenvalue weighted by atomic mass is 15.5. The third-order valence-corrected chi connectivity index (χ3v) is 4.07. The average Bonchev–Trinajstić information content (AvgIpc) is 2.81. The van der Waals surface area contributed by atoms with Gasteiger partial charge in [0.2, 0.25) is 0 Å². The van der Waals surface area contributed by atoms with Gasteiger partial charge < -0.3 is 5.32 Å². The molecule has 3 rings (SSSR count). The van der Waals surface area contributed by atoms with Crippen LogP contribution < -0.4 is 5.32 Å². The maximum atomic E-state index is 4.05. The summed E-state index contributed by atoms with van der Waals surface area (Å²) in [7, 11) is 1.86. The van der Waals surface area contributed by atoms with E-state index in [-0.39, 0.29) is 0 Å². The van der Waals surface area contributed by atoms with E-state index in [2.05, 4.69) is 39.9 Å². The van der Waals surface area contributed by atoms with Crippen molar-refractivity contribution in [2.24, 2.45) is 13.0 Å². The normalized spacial score (nSPS) is 16.7. The van der Waals surface area contributed by atoms with Crippen molar-refractivity contribution in [3.63, 3.8) is 0 Å². The van der Waals surface area contributed by atoms with Crippen molar-refractivity contribution < 1.29 is 0 Å². The molecule has 0 bridgehead atoms. The summed E-state index contributed by atoms with van der Waals surface area (Å²) in [5.41, 5.74) is 2.18. The van der Waals surface area contributed by atoms with Crippen LogP contribution in [0, 0.1) is 5.92 Å². The average molecular weight is 271 g/mol. The molecule has 106 valence electrons. The van der Waals surface area contributed by atoms with E-state index >= 15 is 0 Å². The second kappa shape index (κ2) is 5.61. The van der Waals surface area contributed by atoms with Gasteiger partial charge in [-0.25, -0.2) is 4.68 Å². The van der Waals surface area contributed by atoms with Crippen molar-refractivity contribution >= 4 is 5.69 Å². The molecular formula is C15H21N5. The first-order valence-electron chi connectivity index (χ1n) is 7.31. The summed E-state index contributed by atoms with van der Waals surface area (Å²) in [4.78, 5) is 0. The number of benzene rings is 1. The molecule has 0 saturated heterocycles. The molecule has 1 aliphatic rings. The van der Waals surface area contributed by atoms with Crippen LogP contribution in [0.4, 0.5) is 5.69 Å². The summed E-state index contributed by atoms with van der Waals surface area (Å²) in [6.07, 6.45) is 5.47. The fraction of sp³-hybridized carbons (Fsp3) is 0.533. The van der Waals surface area contributed by atoms with E-state index < -0.39 is 0 Å². The lowest BCUT2D eigenvalue weighted by Crippen LogP contribution is -2.23. The zero-order chi connectivity index (χ0) is 13.9. The van der Waals surface area contributed by atoms with Crippen molar-refractivity contribution in [3.05, 3.63) is 24.3 Å². The maximum Gasteiger partial charge on any atom is 0.181 e. The van der Waals surface area contributed by atoms with Crippen LogP contribution in [0.25, 0.3) is 11.4 Å². The summed E-state index contributed by atoms with van der Waals surface area (Å²) in [5, 5.41) is 15.2. The molecule has 0 amide bonds. The van der Waals surface area contributed by atoms with E-state index in [0.717, 1.165) is 23.0 Å². The Hall–Kier alpha value is -1.91. The van der Waals surface area contributed by atoms with E-state index in [1.165, 1.54) is 25.7 Å². The fourth-order valence-corrected chi connectivity index (χ4v) is 2.79. The third-order valence-electron chi connectivity index (χ3n) is 4.07. The summed E-state index contributed by atoms with van der Waals surface area (Å²) in [5.74, 6) is 1.71. The Labute approximate surface area is 119 Å². The molecule has 1 unspecified atom stereocenters. The number of hydrogen-bond acceptors (Lipinski definition) is 4. The molecule has 5 nitrogen and oxygen atoms in total. The van der Waals surface area contributed by atoms with Crippen LogP contribution in [0.3, 0.4) is 0 Å². The van der Waals surface area contributed by atoms with Crippen molar-refractivity contribution in [2.45, 2.75) is 38.6 Å². The Bertz CT molecular complexity index is 573. The zero-order valence-corrected chi connectivity index (χ0v) is 12.1. The Morgan fingerprint density at radius 2 is 2.25 bits per heavy atom. The van der Waals surface area contributed by atoms with Gasteiger partial charge >= 0.3 is 0 Å². The molecule has 1 aromatic heterocycles. The first kappa shape index (κ1) is 13.1. The molecule has 1 aliphatic carbocycles. The van der Waals surface area contributed by atoms with Gasteiger partial charge in [0, 0.05) is 24.3 Å². The van der Waals surface area contributed by atoms with Gasteiger partial charge in [0.15, 0.2) is 5.82 Å². The highest BCUT2D eigenvalue weighted by Gasteiger charge is 2.19. The topological polar surface area (TPSA) is 55.6 Å². The smallest absolute Gasteiger partial charge is 0.181 e. The van der Waals surface area contributed by atoms with E-state index in [1.54, 1.807) is 4.68 Å². The fourth-order valence-electron chi connectivity index (χ4n) is 2.79. The highest BCUT2D eigenvalue weighted by molar-refractivity contribution is 5.62. The number of hydrogen-bond donors (Lipinski definition) is 1. The summed E-state index contributed by atoms with van der Waals surface area (Å²) in [6.45, 7) is 2.26. The van der Waals surface area contributed by atoms with E-state index in [9.17, 15) is 0 Å². The van der Waals surface area contributed by atoms with Crippen LogP contribution in [0.1, 0.15) is 32.6 Å². The Balaban J connectivity index is 1.69. The number of nitrogens with zero attached hydrogens (tertiary/aromatic N) is 4. The number of aryl methyl sites for hydroxylation is 1. The Morgan fingerprint density at radius 3 is 2.90 bits per heavy atom. The minimum absolute atomic E-state index is 0.508. The SMILES string of the molecule is CC(CC1CCC1)Nc1cccc(-c2nnnn2C)c1. The second-order valence-corrected chi connectivity index (χ2v) is 5.78. The Kier molecular flexibility index (Phi) is 3.67. The van der Waals surface area contributed by atoms with Crippen LogP contribution in [-0.2, 0) is 7.05 Å². The van der Waals surface area contributed by atoms with Crippen molar-refractivity contribution in [1.29, 1.82) is 0 Å². The summed E-state index contributed by atoms with van der Waals surface area (Å²) >= 11 is 0. The zero-order valence-electron chi connectivity index (χ0n) is 12.1. The monoisotopic (exact) mass is 271 g/mol. The van der Waals surface area contributed by atoms with Crippen LogP contribution in [-0.4, -0.2) is 26.2 Å². The predicted molar refractivity (Wildman–Crippen MR) is 79.3 cm³/mol. The Morgan fingerprint density at radius 1 is 1.40 bits per heavy atom. The van der Waals surface area contributed by atoms with Gasteiger partial charge in [0.1, 0.15) is 0 Å². The van der Waals surface area contributed by atoms with Crippen molar-refractivity contribution in [1.82, 2.24) is 20.2 Å². The first-order valence-corrected chi connectivity index (χ1v) is 7.31. The molecule has 20 heavy (non-hydrogen) atoms. The van der Waals surface area contributed by atoms with Crippen LogP contribution in [0.5, 0.6) is 0 Å². The molecule has 1 heterocycles. The molecule has 1 fully saturated rings. The number of nitrogens with one attached hydrogen (secondary N) is 1. The molecule has 0 aliphatic heterocycles. The van der Waals surface area contributed by atoms with Gasteiger partial charge in [-0.1, -0.05) is 31.4 Å². The summed E-state index contributed by atoms with van der Waals surface area (Å²) < 4.78 is 1.69. The van der Waals surface area contributed by atoms with Gasteiger partial charge in [0.25, 0.3) is 0 Å². The maximum absolute atomic E-state index is 4.05. The van der Waals surface area contributed by atoms with E-state index in [1.807, 2.05) is 19.2 Å². The molecule has 1 N–H and O–H groups in total. The second-order valence-electron chi connectivity index (χ2n) is 5.78. The van der Waals surface area contributed by atoms with Gasteiger partial charge in [-0.2, -0.15) is 0 Å². The first-order chi connectivity index (χ1) is 9.72. The largest absolute Gasteiger partial charge is 0.383 e. The van der Waals surface area contributed by atoms with Crippen LogP contribution in [0.2, 0.25) is 0 Å². The molecular weight excluding hydrogens is 250 g/mol. The minimum Gasteiger partial charge on any atom is -0.383 e. The number of aromatic nitrogens is 4. The predicted octanol–water partition coefficient (Wildman–Crippen LogP) is 2.87. The lowest BCUT2D eigenvalue weighted by atomic mass is 9.81. The molecule has 0 radical (unpaired) electrons. The van der Waals surface area contributed by atoms with E-state index in [4.69, 9.17) is 0 Å². The molecule has 1 aromatic carbocycles. The van der Waals surface area contributed by atoms with Crippen LogP contribution in [0.15, 0.2) is 24.3 Å². The molecule has 5 heteroatoms. The molecule has 1 atom stereocenters. The standard InChI is InChI=1S/C15H21N5/c1-11(9-12-5-3-6-12)16-14-8-4-7-13(10-14)15-17-18-19-20(15)2/h4,7-8,10-12,16H,3,5-6,9H2,1-2H3. The van der Waals surface area contributed by atoms with Gasteiger partial charge in [-0.05, 0) is 41.8 Å². The quantitative estimate of drug-likeness (QED) is 0.908. The number of rotatable bonds is 5. The van der Waals surface area contributed by atoms with Gasteiger partial charge in [-0.15, -0.1) is 5.10 Å². The molecule has 0 spiro atoms. The minimum atomic E-state index is 0.508. The third kappa shape index (κ3) is 2.81. The van der Waals surface area contributed by atoms with Crippen molar-refractivity contribution in [2.75, 3.05) is 5.32 Å². The lowest BCUT2D eigenvalue weighted by Gasteiger charge is -2.29. The van der Waals surface area contributed by atoms with Crippen LogP contribution >= 0.6 is 0 Å². The number of tetrazole rings is 1. The molecule has 2 aromatic rings. The lowest BCUT2D eigenvalue weighted by molar-refractivity contribution is 0.286. The van der Waals surface area contributed by atoms with Crippen molar-refractivity contribution in [3.8, 4) is 11.4 Å². The number of anilines is 1.